The lowest BCUT2D eigenvalue weighted by Crippen LogP contribution is -2.25. The minimum atomic E-state index is -1.17. The number of thiophene rings is 1. The highest BCUT2D eigenvalue weighted by Gasteiger charge is 2.18. The molecule has 0 aliphatic rings. The molecule has 7 heteroatoms. The Bertz CT molecular complexity index is 946. The van der Waals surface area contributed by atoms with Crippen LogP contribution in [0.25, 0.3) is 10.2 Å². The van der Waals surface area contributed by atoms with Gasteiger partial charge in [0.25, 0.3) is 5.56 Å². The van der Waals surface area contributed by atoms with Crippen molar-refractivity contribution in [3.8, 4) is 0 Å². The summed E-state index contributed by atoms with van der Waals surface area (Å²) in [4.78, 5) is 28.4. The van der Waals surface area contributed by atoms with E-state index in [1.54, 1.807) is 25.1 Å². The molecule has 3 aromatic rings. The first kappa shape index (κ1) is 14.4. The average Bonchev–Trinajstić information content (AvgIpc) is 2.89. The Morgan fingerprint density at radius 1 is 1.41 bits per heavy atom. The molecule has 0 aliphatic heterocycles. The minimum absolute atomic E-state index is 0.00911. The second-order valence-corrected chi connectivity index (χ2v) is 5.63. The van der Waals surface area contributed by atoms with E-state index in [2.05, 4.69) is 4.98 Å². The van der Waals surface area contributed by atoms with Gasteiger partial charge in [0.2, 0.25) is 0 Å². The number of carboxylic acid groups (broad SMARTS) is 1. The number of aromatic carboxylic acids is 1. The van der Waals surface area contributed by atoms with Gasteiger partial charge in [0.05, 0.1) is 17.5 Å². The summed E-state index contributed by atoms with van der Waals surface area (Å²) in [5.41, 5.74) is -0.190. The Balaban J connectivity index is 2.22. The Kier molecular flexibility index (Phi) is 3.50. The molecule has 0 radical (unpaired) electrons. The maximum Gasteiger partial charge on any atom is 0.337 e. The lowest BCUT2D eigenvalue weighted by atomic mass is 10.2. The van der Waals surface area contributed by atoms with Crippen molar-refractivity contribution in [2.45, 2.75) is 13.5 Å². The van der Waals surface area contributed by atoms with Gasteiger partial charge in [-0.3, -0.25) is 9.36 Å². The third-order valence-electron chi connectivity index (χ3n) is 3.40. The zero-order valence-electron chi connectivity index (χ0n) is 11.5. The summed E-state index contributed by atoms with van der Waals surface area (Å²) < 4.78 is 15.1. The van der Waals surface area contributed by atoms with Crippen molar-refractivity contribution in [3.63, 3.8) is 0 Å². The molecule has 0 saturated heterocycles. The van der Waals surface area contributed by atoms with Crippen LogP contribution in [0.1, 0.15) is 21.7 Å². The van der Waals surface area contributed by atoms with E-state index in [1.807, 2.05) is 0 Å². The summed E-state index contributed by atoms with van der Waals surface area (Å²) in [7, 11) is 0. The number of benzene rings is 1. The van der Waals surface area contributed by atoms with E-state index in [9.17, 15) is 14.0 Å². The molecule has 0 spiro atoms. The number of aromatic nitrogens is 2. The van der Waals surface area contributed by atoms with E-state index in [1.165, 1.54) is 16.0 Å². The van der Waals surface area contributed by atoms with Crippen molar-refractivity contribution in [3.05, 3.63) is 62.8 Å². The number of hydrogen-bond acceptors (Lipinski definition) is 4. The lowest BCUT2D eigenvalue weighted by Gasteiger charge is -2.10. The monoisotopic (exact) mass is 318 g/mol. The number of aryl methyl sites for hydroxylation is 1. The van der Waals surface area contributed by atoms with Gasteiger partial charge >= 0.3 is 5.97 Å². The highest BCUT2D eigenvalue weighted by molar-refractivity contribution is 7.17. The molecule has 5 nitrogen and oxygen atoms in total. The fourth-order valence-electron chi connectivity index (χ4n) is 2.27. The van der Waals surface area contributed by atoms with E-state index < -0.39 is 17.3 Å². The molecule has 112 valence electrons. The van der Waals surface area contributed by atoms with Gasteiger partial charge in [-0.2, -0.15) is 0 Å². The predicted octanol–water partition coefficient (Wildman–Crippen LogP) is 2.65. The van der Waals surface area contributed by atoms with Gasteiger partial charge in [-0.15, -0.1) is 11.3 Å². The predicted molar refractivity (Wildman–Crippen MR) is 81.1 cm³/mol. The van der Waals surface area contributed by atoms with Crippen LogP contribution < -0.4 is 5.56 Å². The molecular weight excluding hydrogens is 307 g/mol. The van der Waals surface area contributed by atoms with E-state index in [0.29, 0.717) is 16.2 Å². The summed E-state index contributed by atoms with van der Waals surface area (Å²) in [5, 5.41) is 10.6. The molecule has 1 aromatic carbocycles. The fraction of sp³-hybridized carbons (Fsp3) is 0.133. The van der Waals surface area contributed by atoms with Gasteiger partial charge in [0.1, 0.15) is 16.5 Å². The molecule has 2 heterocycles. The molecule has 0 atom stereocenters. The van der Waals surface area contributed by atoms with Crippen LogP contribution >= 0.6 is 11.3 Å². The fourth-order valence-corrected chi connectivity index (χ4v) is 3.21. The van der Waals surface area contributed by atoms with Crippen molar-refractivity contribution in [2.75, 3.05) is 0 Å². The average molecular weight is 318 g/mol. The third-order valence-corrected chi connectivity index (χ3v) is 4.27. The van der Waals surface area contributed by atoms with Crippen molar-refractivity contribution < 1.29 is 14.3 Å². The van der Waals surface area contributed by atoms with Crippen LogP contribution in [0.15, 0.2) is 34.4 Å². The molecule has 3 rings (SSSR count). The molecule has 0 amide bonds. The quantitative estimate of drug-likeness (QED) is 0.806. The third kappa shape index (κ3) is 2.29. The Hall–Kier alpha value is -2.54. The molecule has 1 N–H and O–H groups in total. The highest BCUT2D eigenvalue weighted by atomic mass is 32.1. The largest absolute Gasteiger partial charge is 0.478 e. The van der Waals surface area contributed by atoms with Crippen molar-refractivity contribution in [1.29, 1.82) is 0 Å². The van der Waals surface area contributed by atoms with Gasteiger partial charge in [0.15, 0.2) is 0 Å². The van der Waals surface area contributed by atoms with Crippen LogP contribution in [0.5, 0.6) is 0 Å². The first-order valence-electron chi connectivity index (χ1n) is 6.44. The van der Waals surface area contributed by atoms with Gasteiger partial charge < -0.3 is 5.11 Å². The summed E-state index contributed by atoms with van der Waals surface area (Å²) in [6, 6.07) is 6.14. The highest BCUT2D eigenvalue weighted by Crippen LogP contribution is 2.22. The zero-order valence-corrected chi connectivity index (χ0v) is 12.4. The summed E-state index contributed by atoms with van der Waals surface area (Å²) >= 11 is 1.11. The van der Waals surface area contributed by atoms with Gasteiger partial charge in [-0.25, -0.2) is 14.2 Å². The summed E-state index contributed by atoms with van der Waals surface area (Å²) in [6.45, 7) is 1.65. The van der Waals surface area contributed by atoms with Gasteiger partial charge in [-0.1, -0.05) is 18.2 Å². The van der Waals surface area contributed by atoms with Crippen LogP contribution in [0.2, 0.25) is 0 Å². The van der Waals surface area contributed by atoms with E-state index in [0.717, 1.165) is 11.3 Å². The normalized spacial score (nSPS) is 11.0. The molecule has 2 aromatic heterocycles. The molecule has 22 heavy (non-hydrogen) atoms. The number of nitrogens with zero attached hydrogens (tertiary/aromatic N) is 2. The lowest BCUT2D eigenvalue weighted by molar-refractivity contribution is 0.0699. The molecular formula is C15H11FN2O3S. The van der Waals surface area contributed by atoms with E-state index >= 15 is 0 Å². The summed E-state index contributed by atoms with van der Waals surface area (Å²) in [6.07, 6.45) is 0. The number of carboxylic acids is 1. The topological polar surface area (TPSA) is 72.2 Å². The first-order valence-corrected chi connectivity index (χ1v) is 7.32. The van der Waals surface area contributed by atoms with Gasteiger partial charge in [0, 0.05) is 10.9 Å². The van der Waals surface area contributed by atoms with Crippen molar-refractivity contribution in [1.82, 2.24) is 9.55 Å². The number of carbonyl (C=O) groups is 1. The molecule has 0 fully saturated rings. The first-order chi connectivity index (χ1) is 10.5. The van der Waals surface area contributed by atoms with Crippen molar-refractivity contribution in [2.24, 2.45) is 0 Å². The zero-order chi connectivity index (χ0) is 15.9. The van der Waals surface area contributed by atoms with E-state index in [4.69, 9.17) is 5.11 Å². The van der Waals surface area contributed by atoms with Crippen LogP contribution in [-0.2, 0) is 6.54 Å². The molecule has 0 aliphatic carbocycles. The van der Waals surface area contributed by atoms with Crippen LogP contribution in [0.3, 0.4) is 0 Å². The Morgan fingerprint density at radius 3 is 2.82 bits per heavy atom. The molecule has 0 unspecified atom stereocenters. The maximum atomic E-state index is 13.8. The van der Waals surface area contributed by atoms with Crippen LogP contribution in [0.4, 0.5) is 4.39 Å². The minimum Gasteiger partial charge on any atom is -0.478 e. The standard InChI is InChI=1S/C15H11FN2O3S/c1-8-17-13-12(10(7-22-13)15(20)21)14(19)18(8)6-9-4-2-3-5-11(9)16/h2-5,7H,6H2,1H3,(H,20,21). The second-order valence-electron chi connectivity index (χ2n) is 4.78. The number of fused-ring (bicyclic) bond motifs is 1. The SMILES string of the molecule is Cc1nc2scc(C(=O)O)c2c(=O)n1Cc1ccccc1F. The maximum absolute atomic E-state index is 13.8. The Morgan fingerprint density at radius 2 is 2.14 bits per heavy atom. The number of hydrogen-bond donors (Lipinski definition) is 1. The summed E-state index contributed by atoms with van der Waals surface area (Å²) in [5.74, 6) is -1.18. The number of rotatable bonds is 3. The molecule has 0 saturated carbocycles. The Labute approximate surface area is 128 Å². The smallest absolute Gasteiger partial charge is 0.337 e. The van der Waals surface area contributed by atoms with Crippen LogP contribution in [-0.4, -0.2) is 20.6 Å². The molecule has 0 bridgehead atoms. The van der Waals surface area contributed by atoms with Crippen LogP contribution in [0, 0.1) is 12.7 Å². The number of halogens is 1. The van der Waals surface area contributed by atoms with Gasteiger partial charge in [-0.05, 0) is 13.0 Å². The van der Waals surface area contributed by atoms with Crippen molar-refractivity contribution >= 4 is 27.5 Å². The second kappa shape index (κ2) is 5.34. The van der Waals surface area contributed by atoms with E-state index in [-0.39, 0.29) is 17.5 Å².